The van der Waals surface area contributed by atoms with Crippen molar-refractivity contribution < 1.29 is 45.4 Å². The summed E-state index contributed by atoms with van der Waals surface area (Å²) in [7, 11) is 0. The van der Waals surface area contributed by atoms with Crippen molar-refractivity contribution in [1.82, 2.24) is 14.7 Å². The van der Waals surface area contributed by atoms with E-state index in [1.165, 1.54) is 32.7 Å². The summed E-state index contributed by atoms with van der Waals surface area (Å²) in [4.78, 5) is 31.1. The number of halogens is 7. The Morgan fingerprint density at radius 3 is 2.22 bits per heavy atom. The minimum atomic E-state index is -5.55. The fraction of sp³-hybridized carbons (Fsp3) is 0.514. The molecule has 0 bridgehead atoms. The number of hydrogen-bond donors (Lipinski definition) is 0. The van der Waals surface area contributed by atoms with Gasteiger partial charge in [-0.05, 0) is 68.4 Å². The second-order valence-electron chi connectivity index (χ2n) is 13.1. The van der Waals surface area contributed by atoms with E-state index >= 15 is 0 Å². The van der Waals surface area contributed by atoms with Gasteiger partial charge in [-0.25, -0.2) is 9.59 Å². The molecule has 1 aliphatic carbocycles. The van der Waals surface area contributed by atoms with E-state index in [-0.39, 0.29) is 19.6 Å². The molecule has 1 aromatic heterocycles. The van der Waals surface area contributed by atoms with E-state index < -0.39 is 47.5 Å². The number of rotatable bonds is 9. The third kappa shape index (κ3) is 8.24. The number of esters is 2. The first-order valence-corrected chi connectivity index (χ1v) is 17.4. The number of alkyl halides is 6. The van der Waals surface area contributed by atoms with Gasteiger partial charge in [0.1, 0.15) is 0 Å². The first-order valence-electron chi connectivity index (χ1n) is 17.0. The van der Waals surface area contributed by atoms with Gasteiger partial charge in [0.05, 0.1) is 12.6 Å². The molecule has 2 saturated heterocycles. The number of carbonyl (C=O) groups is 2. The van der Waals surface area contributed by atoms with Gasteiger partial charge < -0.3 is 19.3 Å². The van der Waals surface area contributed by atoms with Crippen LogP contribution in [0.2, 0.25) is 5.02 Å². The van der Waals surface area contributed by atoms with E-state index in [1.807, 2.05) is 35.2 Å². The highest BCUT2D eigenvalue weighted by Crippen LogP contribution is 2.42. The highest BCUT2D eigenvalue weighted by Gasteiger charge is 2.48. The van der Waals surface area contributed by atoms with Crippen molar-refractivity contribution >= 4 is 34.9 Å². The molecule has 3 heterocycles. The molecule has 3 aromatic rings. The largest absolute Gasteiger partial charge is 0.491 e. The Kier molecular flexibility index (Phi) is 10.8. The van der Waals surface area contributed by atoms with E-state index in [4.69, 9.17) is 16.3 Å². The number of hydrogen-bond acceptors (Lipinski definition) is 8. The Hall–Kier alpha value is -3.98. The maximum absolute atomic E-state index is 14.6. The molecule has 9 nitrogen and oxygen atoms in total. The summed E-state index contributed by atoms with van der Waals surface area (Å²) in [6.45, 7) is 6.31. The fourth-order valence-corrected chi connectivity index (χ4v) is 7.18. The zero-order valence-electron chi connectivity index (χ0n) is 27.9. The topological polar surface area (TPSA) is 80.1 Å². The average molecular weight is 742 g/mol. The molecular formula is C35H38ClF6N5O4. The minimum absolute atomic E-state index is 0.0732. The predicted molar refractivity (Wildman–Crippen MR) is 178 cm³/mol. The van der Waals surface area contributed by atoms with E-state index in [0.717, 1.165) is 48.9 Å². The lowest BCUT2D eigenvalue weighted by Gasteiger charge is -2.39. The van der Waals surface area contributed by atoms with Crippen LogP contribution in [-0.4, -0.2) is 85.2 Å². The molecule has 3 aliphatic rings. The van der Waals surface area contributed by atoms with Crippen LogP contribution in [0.1, 0.15) is 61.1 Å². The van der Waals surface area contributed by atoms with Crippen molar-refractivity contribution in [2.75, 3.05) is 62.2 Å². The molecule has 2 aliphatic heterocycles. The van der Waals surface area contributed by atoms with Crippen LogP contribution in [0.15, 0.2) is 42.5 Å². The van der Waals surface area contributed by atoms with Gasteiger partial charge in [-0.2, -0.15) is 26.3 Å². The van der Waals surface area contributed by atoms with E-state index in [2.05, 4.69) is 19.6 Å². The van der Waals surface area contributed by atoms with Gasteiger partial charge in [0.25, 0.3) is 5.88 Å². The summed E-state index contributed by atoms with van der Waals surface area (Å²) in [6.07, 6.45) is -6.35. The first kappa shape index (κ1) is 36.8. The highest BCUT2D eigenvalue weighted by atomic mass is 35.5. The third-order valence-electron chi connectivity index (χ3n) is 9.75. The number of piperazine rings is 1. The summed E-state index contributed by atoms with van der Waals surface area (Å²) >= 11 is 6.42. The van der Waals surface area contributed by atoms with Crippen molar-refractivity contribution in [2.24, 2.45) is 5.92 Å². The fourth-order valence-electron chi connectivity index (χ4n) is 7.02. The molecule has 1 saturated carbocycles. The molecule has 16 heteroatoms. The van der Waals surface area contributed by atoms with Crippen LogP contribution in [0.5, 0.6) is 5.88 Å². The molecule has 0 spiro atoms. The molecule has 6 rings (SSSR count). The molecule has 1 unspecified atom stereocenters. The zero-order valence-corrected chi connectivity index (χ0v) is 28.7. The number of anilines is 2. The van der Waals surface area contributed by atoms with Gasteiger partial charge >= 0.3 is 24.3 Å². The van der Waals surface area contributed by atoms with Gasteiger partial charge in [0, 0.05) is 67.8 Å². The third-order valence-corrected chi connectivity index (χ3v) is 9.98. The van der Waals surface area contributed by atoms with Crippen molar-refractivity contribution in [2.45, 2.75) is 57.4 Å². The van der Waals surface area contributed by atoms with Crippen molar-refractivity contribution in [3.8, 4) is 17.0 Å². The zero-order chi connectivity index (χ0) is 36.5. The van der Waals surface area contributed by atoms with Crippen LogP contribution >= 0.6 is 11.6 Å². The lowest BCUT2D eigenvalue weighted by molar-refractivity contribution is -0.190. The van der Waals surface area contributed by atoms with Gasteiger partial charge in [0.15, 0.2) is 11.3 Å². The normalized spacial score (nSPS) is 19.2. The van der Waals surface area contributed by atoms with Gasteiger partial charge in [-0.3, -0.25) is 9.58 Å². The molecule has 0 radical (unpaired) electrons. The van der Waals surface area contributed by atoms with Crippen LogP contribution in [0.3, 0.4) is 0 Å². The molecule has 0 amide bonds. The van der Waals surface area contributed by atoms with Gasteiger partial charge in [-0.1, -0.05) is 36.2 Å². The maximum Gasteiger partial charge on any atom is 0.491 e. The SMILES string of the molecule is CCOC(=O)c1c(OC(=O)C(F)(F)F)nn(C2CCCN(c3cc(Cl)ccc3-c3ccc(N4CCN(CC5CCC5)CC4)cc3)C2)c1C(F)(F)F. The second-order valence-corrected chi connectivity index (χ2v) is 13.6. The van der Waals surface area contributed by atoms with Crippen molar-refractivity contribution in [3.05, 3.63) is 58.7 Å². The summed E-state index contributed by atoms with van der Waals surface area (Å²) in [6, 6.07) is 12.3. The maximum atomic E-state index is 14.6. The number of carbonyl (C=O) groups excluding carboxylic acids is 2. The van der Waals surface area contributed by atoms with Crippen molar-refractivity contribution in [3.63, 3.8) is 0 Å². The standard InChI is InChI=1S/C35H38ClF6N5O4/c1-2-50-32(48)29-30(34(37,38)39)47(43-31(29)51-33(49)35(40,41)42)26-7-4-14-46(21-26)28-19-24(36)10-13-27(28)23-8-11-25(12-9-23)45-17-15-44(16-18-45)20-22-5-3-6-22/h8-13,19,22,26H,2-7,14-18,20-21H2,1H3. The van der Waals surface area contributed by atoms with Gasteiger partial charge in [-0.15, -0.1) is 5.10 Å². The molecule has 0 N–H and O–H groups in total. The number of aromatic nitrogens is 2. The second kappa shape index (κ2) is 14.9. The average Bonchev–Trinajstić information content (AvgIpc) is 3.47. The number of benzene rings is 2. The molecule has 276 valence electrons. The van der Waals surface area contributed by atoms with Gasteiger partial charge in [0.2, 0.25) is 0 Å². The predicted octanol–water partition coefficient (Wildman–Crippen LogP) is 7.63. The Bertz CT molecular complexity index is 1720. The van der Waals surface area contributed by atoms with Crippen LogP contribution in [0.4, 0.5) is 37.7 Å². The number of ether oxygens (including phenoxy) is 2. The first-order chi connectivity index (χ1) is 24.2. The summed E-state index contributed by atoms with van der Waals surface area (Å²) in [5.41, 5.74) is 0.302. The smallest absolute Gasteiger partial charge is 0.462 e. The van der Waals surface area contributed by atoms with Crippen molar-refractivity contribution in [1.29, 1.82) is 0 Å². The molecule has 3 fully saturated rings. The van der Waals surface area contributed by atoms with Crippen LogP contribution in [-0.2, 0) is 15.7 Å². The van der Waals surface area contributed by atoms with E-state index in [0.29, 0.717) is 28.4 Å². The highest BCUT2D eigenvalue weighted by molar-refractivity contribution is 6.31. The Balaban J connectivity index is 1.26. The number of nitrogens with zero attached hydrogens (tertiary/aromatic N) is 5. The Labute approximate surface area is 296 Å². The van der Waals surface area contributed by atoms with E-state index in [9.17, 15) is 35.9 Å². The lowest BCUT2D eigenvalue weighted by atomic mass is 9.85. The summed E-state index contributed by atoms with van der Waals surface area (Å²) in [5.74, 6) is -5.04. The summed E-state index contributed by atoms with van der Waals surface area (Å²) in [5, 5.41) is 4.05. The minimum Gasteiger partial charge on any atom is -0.462 e. The molecule has 1 atom stereocenters. The molecule has 51 heavy (non-hydrogen) atoms. The lowest BCUT2D eigenvalue weighted by Crippen LogP contribution is -2.48. The summed E-state index contributed by atoms with van der Waals surface area (Å²) < 4.78 is 92.4. The van der Waals surface area contributed by atoms with Crippen LogP contribution < -0.4 is 14.5 Å². The number of piperidine rings is 1. The van der Waals surface area contributed by atoms with Crippen LogP contribution in [0.25, 0.3) is 11.1 Å². The quantitative estimate of drug-likeness (QED) is 0.164. The Morgan fingerprint density at radius 2 is 1.61 bits per heavy atom. The van der Waals surface area contributed by atoms with E-state index in [1.54, 1.807) is 12.1 Å². The molecule has 2 aromatic carbocycles. The van der Waals surface area contributed by atoms with Crippen LogP contribution in [0, 0.1) is 5.92 Å². The Morgan fingerprint density at radius 1 is 0.902 bits per heavy atom. The molecular weight excluding hydrogens is 704 g/mol. The monoisotopic (exact) mass is 741 g/mol.